The van der Waals surface area contributed by atoms with Crippen LogP contribution < -0.4 is 26.1 Å². The number of primary amides is 1. The number of pyridine rings is 1. The molecule has 0 bridgehead atoms. The van der Waals surface area contributed by atoms with Crippen molar-refractivity contribution in [3.05, 3.63) is 70.5 Å². The number of nitrogens with zero attached hydrogens (tertiary/aromatic N) is 1. The van der Waals surface area contributed by atoms with Crippen molar-refractivity contribution >= 4 is 26.8 Å². The molecule has 1 amide bonds. The van der Waals surface area contributed by atoms with Crippen LogP contribution in [0.3, 0.4) is 0 Å². The van der Waals surface area contributed by atoms with E-state index in [2.05, 4.69) is 10.0 Å². The minimum Gasteiger partial charge on any atom is -0.457 e. The molecule has 0 aliphatic carbocycles. The number of ether oxygens (including phenoxy) is 1. The maximum atomic E-state index is 13.3. The van der Waals surface area contributed by atoms with Gasteiger partial charge in [-0.25, -0.2) is 13.1 Å². The first-order chi connectivity index (χ1) is 16.2. The van der Waals surface area contributed by atoms with Crippen LogP contribution in [0.5, 0.6) is 11.5 Å². The van der Waals surface area contributed by atoms with Gasteiger partial charge in [0, 0.05) is 31.3 Å². The third kappa shape index (κ3) is 6.66. The Labute approximate surface area is 199 Å². The summed E-state index contributed by atoms with van der Waals surface area (Å²) in [5, 5.41) is 3.78. The van der Waals surface area contributed by atoms with Crippen molar-refractivity contribution in [1.29, 1.82) is 0 Å². The standard InChI is InChI=1S/C24H30N4O5S/c1-3-34(31,32)27-12-7-13-28-22-15-21(33-20-8-5-4-6-9-20)11-10-18(22)14-19(24(28)30)16-26-17(2)23(25)29/h4-6,8-11,14-15,17,26-27H,3,7,12-13,16H2,1-2H3,(H2,25,29). The summed E-state index contributed by atoms with van der Waals surface area (Å²) in [6, 6.07) is 16.0. The molecule has 3 aromatic rings. The zero-order chi connectivity index (χ0) is 24.7. The largest absolute Gasteiger partial charge is 0.457 e. The predicted octanol–water partition coefficient (Wildman–Crippen LogP) is 2.09. The number of hydrogen-bond acceptors (Lipinski definition) is 6. The van der Waals surface area contributed by atoms with Crippen molar-refractivity contribution in [1.82, 2.24) is 14.6 Å². The van der Waals surface area contributed by atoms with Crippen LogP contribution in [-0.4, -0.2) is 37.2 Å². The van der Waals surface area contributed by atoms with Crippen molar-refractivity contribution in [3.8, 4) is 11.5 Å². The fourth-order valence-electron chi connectivity index (χ4n) is 3.38. The molecule has 0 spiro atoms. The average Bonchev–Trinajstić information content (AvgIpc) is 2.82. The minimum atomic E-state index is -3.31. The molecule has 1 heterocycles. The molecule has 34 heavy (non-hydrogen) atoms. The molecular weight excluding hydrogens is 456 g/mol. The Morgan fingerprint density at radius 1 is 1.12 bits per heavy atom. The second-order valence-electron chi connectivity index (χ2n) is 7.92. The van der Waals surface area contributed by atoms with Crippen LogP contribution >= 0.6 is 0 Å². The van der Waals surface area contributed by atoms with Gasteiger partial charge in [0.15, 0.2) is 0 Å². The van der Waals surface area contributed by atoms with E-state index in [0.717, 1.165) is 5.39 Å². The lowest BCUT2D eigenvalue weighted by Gasteiger charge is -2.16. The highest BCUT2D eigenvalue weighted by atomic mass is 32.2. The number of amides is 1. The van der Waals surface area contributed by atoms with Gasteiger partial charge in [-0.1, -0.05) is 18.2 Å². The van der Waals surface area contributed by atoms with Gasteiger partial charge in [-0.05, 0) is 56.0 Å². The third-order valence-corrected chi connectivity index (χ3v) is 6.81. The number of nitrogens with two attached hydrogens (primary N) is 1. The summed E-state index contributed by atoms with van der Waals surface area (Å²) < 4.78 is 33.5. The number of benzene rings is 2. The monoisotopic (exact) mass is 486 g/mol. The van der Waals surface area contributed by atoms with Crippen LogP contribution in [0, 0.1) is 0 Å². The molecule has 0 saturated heterocycles. The van der Waals surface area contributed by atoms with Gasteiger partial charge in [0.25, 0.3) is 5.56 Å². The lowest BCUT2D eigenvalue weighted by molar-refractivity contribution is -0.119. The first kappa shape index (κ1) is 25.4. The Morgan fingerprint density at radius 2 is 1.85 bits per heavy atom. The Hall–Kier alpha value is -3.21. The van der Waals surface area contributed by atoms with Gasteiger partial charge in [0.2, 0.25) is 15.9 Å². The number of carbonyl (C=O) groups excluding carboxylic acids is 1. The highest BCUT2D eigenvalue weighted by Gasteiger charge is 2.14. The van der Waals surface area contributed by atoms with Gasteiger partial charge in [-0.15, -0.1) is 0 Å². The molecule has 10 heteroatoms. The van der Waals surface area contributed by atoms with Crippen molar-refractivity contribution < 1.29 is 17.9 Å². The van der Waals surface area contributed by atoms with Crippen LogP contribution in [0.4, 0.5) is 0 Å². The second-order valence-corrected chi connectivity index (χ2v) is 10.0. The topological polar surface area (TPSA) is 133 Å². The number of sulfonamides is 1. The summed E-state index contributed by atoms with van der Waals surface area (Å²) in [6.07, 6.45) is 0.423. The van der Waals surface area contributed by atoms with Gasteiger partial charge in [-0.2, -0.15) is 0 Å². The molecule has 1 aromatic heterocycles. The van der Waals surface area contributed by atoms with E-state index in [-0.39, 0.29) is 24.4 Å². The molecule has 4 N–H and O–H groups in total. The Kier molecular flexibility index (Phi) is 8.43. The van der Waals surface area contributed by atoms with Gasteiger partial charge in [0.1, 0.15) is 11.5 Å². The maximum Gasteiger partial charge on any atom is 0.255 e. The fourth-order valence-corrected chi connectivity index (χ4v) is 4.04. The summed E-state index contributed by atoms with van der Waals surface area (Å²) in [5.74, 6) is 0.736. The fraction of sp³-hybridized carbons (Fsp3) is 0.333. The number of hydrogen-bond donors (Lipinski definition) is 3. The van der Waals surface area contributed by atoms with E-state index in [9.17, 15) is 18.0 Å². The van der Waals surface area contributed by atoms with E-state index >= 15 is 0 Å². The quantitative estimate of drug-likeness (QED) is 0.336. The van der Waals surface area contributed by atoms with Crippen LogP contribution in [0.2, 0.25) is 0 Å². The summed E-state index contributed by atoms with van der Waals surface area (Å²) in [7, 11) is -3.31. The molecule has 0 aliphatic heterocycles. The summed E-state index contributed by atoms with van der Waals surface area (Å²) in [6.45, 7) is 3.89. The molecule has 0 saturated carbocycles. The Bertz CT molecular complexity index is 1310. The lowest BCUT2D eigenvalue weighted by atomic mass is 10.1. The van der Waals surface area contributed by atoms with E-state index in [1.807, 2.05) is 42.5 Å². The maximum absolute atomic E-state index is 13.3. The molecule has 0 aliphatic rings. The molecule has 3 rings (SSSR count). The van der Waals surface area contributed by atoms with Gasteiger partial charge in [-0.3, -0.25) is 9.59 Å². The van der Waals surface area contributed by atoms with Gasteiger partial charge in [0.05, 0.1) is 17.3 Å². The zero-order valence-corrected chi connectivity index (χ0v) is 20.1. The number of para-hydroxylation sites is 1. The molecule has 2 aromatic carbocycles. The van der Waals surface area contributed by atoms with Crippen LogP contribution in [-0.2, 0) is 27.9 Å². The molecule has 0 radical (unpaired) electrons. The Morgan fingerprint density at radius 3 is 2.53 bits per heavy atom. The lowest BCUT2D eigenvalue weighted by Crippen LogP contribution is -2.39. The number of aromatic nitrogens is 1. The number of rotatable bonds is 12. The summed E-state index contributed by atoms with van der Waals surface area (Å²) >= 11 is 0. The van der Waals surface area contributed by atoms with E-state index in [4.69, 9.17) is 10.5 Å². The molecular formula is C24H30N4O5S. The highest BCUT2D eigenvalue weighted by molar-refractivity contribution is 7.89. The first-order valence-corrected chi connectivity index (χ1v) is 12.7. The predicted molar refractivity (Wildman–Crippen MR) is 132 cm³/mol. The Balaban J connectivity index is 1.93. The highest BCUT2D eigenvalue weighted by Crippen LogP contribution is 2.25. The van der Waals surface area contributed by atoms with Gasteiger partial charge >= 0.3 is 0 Å². The third-order valence-electron chi connectivity index (χ3n) is 5.41. The second kappa shape index (κ2) is 11.3. The molecule has 1 atom stereocenters. The zero-order valence-electron chi connectivity index (χ0n) is 19.3. The summed E-state index contributed by atoms with van der Waals surface area (Å²) in [5.41, 5.74) is 6.23. The van der Waals surface area contributed by atoms with Crippen molar-refractivity contribution in [3.63, 3.8) is 0 Å². The number of fused-ring (bicyclic) bond motifs is 1. The molecule has 1 unspecified atom stereocenters. The van der Waals surface area contributed by atoms with E-state index in [1.54, 1.807) is 30.5 Å². The van der Waals surface area contributed by atoms with Crippen LogP contribution in [0.25, 0.3) is 10.9 Å². The number of carbonyl (C=O) groups is 1. The van der Waals surface area contributed by atoms with E-state index in [0.29, 0.717) is 35.5 Å². The van der Waals surface area contributed by atoms with Crippen molar-refractivity contribution in [2.24, 2.45) is 5.73 Å². The van der Waals surface area contributed by atoms with E-state index in [1.165, 1.54) is 0 Å². The number of aryl methyl sites for hydroxylation is 1. The molecule has 0 fully saturated rings. The van der Waals surface area contributed by atoms with Gasteiger partial charge < -0.3 is 20.4 Å². The molecule has 182 valence electrons. The van der Waals surface area contributed by atoms with E-state index < -0.39 is 22.0 Å². The first-order valence-electron chi connectivity index (χ1n) is 11.1. The van der Waals surface area contributed by atoms with Crippen LogP contribution in [0.15, 0.2) is 59.4 Å². The number of nitrogens with one attached hydrogen (secondary N) is 2. The normalized spacial score (nSPS) is 12.5. The van der Waals surface area contributed by atoms with Crippen molar-refractivity contribution in [2.45, 2.75) is 39.4 Å². The van der Waals surface area contributed by atoms with Crippen molar-refractivity contribution in [2.75, 3.05) is 12.3 Å². The smallest absolute Gasteiger partial charge is 0.255 e. The van der Waals surface area contributed by atoms with Crippen LogP contribution in [0.1, 0.15) is 25.8 Å². The summed E-state index contributed by atoms with van der Waals surface area (Å²) in [4.78, 5) is 24.7. The minimum absolute atomic E-state index is 0.00470. The SMILES string of the molecule is CCS(=O)(=O)NCCCn1c(=O)c(CNC(C)C(N)=O)cc2ccc(Oc3ccccc3)cc21. The average molecular weight is 487 g/mol. The molecule has 9 nitrogen and oxygen atoms in total.